The van der Waals surface area contributed by atoms with Crippen molar-refractivity contribution >= 4 is 23.2 Å². The number of benzene rings is 2. The van der Waals surface area contributed by atoms with Gasteiger partial charge in [0.25, 0.3) is 5.69 Å². The summed E-state index contributed by atoms with van der Waals surface area (Å²) in [7, 11) is 2.86. The predicted molar refractivity (Wildman–Crippen MR) is 91.0 cm³/mol. The first-order valence-electron chi connectivity index (χ1n) is 7.18. The largest absolute Gasteiger partial charge is 1.00 e. The highest BCUT2D eigenvalue weighted by Crippen LogP contribution is 2.29. The highest BCUT2D eigenvalue weighted by atomic mass is 127. The molecule has 2 N–H and O–H groups in total. The van der Waals surface area contributed by atoms with Crippen molar-refractivity contribution in [3.8, 4) is 11.5 Å². The van der Waals surface area contributed by atoms with Crippen LogP contribution in [0.1, 0.15) is 15.9 Å². The van der Waals surface area contributed by atoms with Gasteiger partial charge in [-0.2, -0.15) is 0 Å². The maximum atomic E-state index is 12.5. The molecular weight excluding hydrogens is 455 g/mol. The van der Waals surface area contributed by atoms with Gasteiger partial charge in [0, 0.05) is 6.07 Å². The van der Waals surface area contributed by atoms with Crippen molar-refractivity contribution in [1.29, 1.82) is 0 Å². The number of nitro benzene ring substituents is 1. The van der Waals surface area contributed by atoms with Crippen molar-refractivity contribution < 1.29 is 48.6 Å². The number of methoxy groups -OCH3 is 2. The third kappa shape index (κ3) is 4.77. The van der Waals surface area contributed by atoms with E-state index in [-0.39, 0.29) is 46.5 Å². The summed E-state index contributed by atoms with van der Waals surface area (Å²) >= 11 is 0. The maximum absolute atomic E-state index is 12.5. The van der Waals surface area contributed by atoms with Crippen LogP contribution < -0.4 is 38.9 Å². The first kappa shape index (κ1) is 21.5. The third-order valence-electron chi connectivity index (χ3n) is 3.48. The molecule has 0 amide bonds. The second kappa shape index (κ2) is 9.85. The minimum Gasteiger partial charge on any atom is -1.00 e. The molecule has 0 spiro atoms. The van der Waals surface area contributed by atoms with Crippen molar-refractivity contribution in [3.63, 3.8) is 0 Å². The highest BCUT2D eigenvalue weighted by molar-refractivity contribution is 6.10. The predicted octanol–water partition coefficient (Wildman–Crippen LogP) is -0.795. The Labute approximate surface area is 166 Å². The van der Waals surface area contributed by atoms with Gasteiger partial charge in [0.1, 0.15) is 22.7 Å². The molecule has 2 rings (SSSR count). The number of carbonyl (C=O) groups excluding carboxylic acids is 1. The van der Waals surface area contributed by atoms with Gasteiger partial charge in [0.2, 0.25) is 0 Å². The molecular formula is C17H16IN2O6-. The van der Waals surface area contributed by atoms with Crippen LogP contribution in [0.2, 0.25) is 0 Å². The van der Waals surface area contributed by atoms with Gasteiger partial charge < -0.3 is 44.1 Å². The Bertz CT molecular complexity index is 816. The Morgan fingerprint density at radius 2 is 1.77 bits per heavy atom. The maximum Gasteiger partial charge on any atom is 0.282 e. The van der Waals surface area contributed by atoms with E-state index in [4.69, 9.17) is 9.47 Å². The van der Waals surface area contributed by atoms with E-state index < -0.39 is 10.7 Å². The lowest BCUT2D eigenvalue weighted by Gasteiger charge is -2.10. The standard InChI is InChI=1S/C17H16N2O6.HI/c1-24-15-4-3-5-16(25-2)17(15)14(20)9-7-11-6-8-12(18-21)10-13(11)19(22)23;/h3-10H,18H2,1-2H3;1H/p-1/b9-7+;. The number of nitro groups is 1. The minimum atomic E-state index is -0.610. The summed E-state index contributed by atoms with van der Waals surface area (Å²) in [5, 5.41) is 21.9. The third-order valence-corrected chi connectivity index (χ3v) is 3.48. The first-order chi connectivity index (χ1) is 12.0. The normalized spacial score (nSPS) is 10.3. The Hall–Kier alpha value is -2.50. The lowest BCUT2D eigenvalue weighted by Crippen LogP contribution is -3.00. The Balaban J connectivity index is 0.00000338. The number of quaternary nitrogens is 1. The van der Waals surface area contributed by atoms with E-state index >= 15 is 0 Å². The molecule has 138 valence electrons. The van der Waals surface area contributed by atoms with Crippen LogP contribution in [-0.2, 0) is 0 Å². The van der Waals surface area contributed by atoms with Crippen molar-refractivity contribution in [2.24, 2.45) is 0 Å². The second-order valence-electron chi connectivity index (χ2n) is 4.93. The summed E-state index contributed by atoms with van der Waals surface area (Å²) in [6.07, 6.45) is 2.52. The zero-order chi connectivity index (χ0) is 18.4. The van der Waals surface area contributed by atoms with E-state index in [1.165, 1.54) is 38.5 Å². The van der Waals surface area contributed by atoms with E-state index in [0.29, 0.717) is 17.0 Å². The summed E-state index contributed by atoms with van der Waals surface area (Å²) < 4.78 is 10.3. The molecule has 9 heteroatoms. The molecule has 2 aromatic carbocycles. The molecule has 0 bridgehead atoms. The first-order valence-corrected chi connectivity index (χ1v) is 7.18. The Kier molecular flexibility index (Phi) is 8.16. The lowest BCUT2D eigenvalue weighted by atomic mass is 10.1. The van der Waals surface area contributed by atoms with Gasteiger partial charge >= 0.3 is 0 Å². The van der Waals surface area contributed by atoms with Crippen LogP contribution in [0.4, 0.5) is 11.4 Å². The van der Waals surface area contributed by atoms with Crippen molar-refractivity contribution in [2.75, 3.05) is 14.2 Å². The van der Waals surface area contributed by atoms with Gasteiger partial charge in [0.15, 0.2) is 5.78 Å². The molecule has 2 aromatic rings. The zero-order valence-electron chi connectivity index (χ0n) is 14.0. The molecule has 0 saturated carbocycles. The Morgan fingerprint density at radius 3 is 2.27 bits per heavy atom. The molecule has 0 saturated heterocycles. The molecule has 0 aliphatic rings. The van der Waals surface area contributed by atoms with Crippen LogP contribution >= 0.6 is 0 Å². The summed E-state index contributed by atoms with van der Waals surface area (Å²) in [6, 6.07) is 8.91. The molecule has 8 nitrogen and oxygen atoms in total. The van der Waals surface area contributed by atoms with Crippen LogP contribution in [0, 0.1) is 15.3 Å². The van der Waals surface area contributed by atoms with Gasteiger partial charge in [-0.3, -0.25) is 14.9 Å². The quantitative estimate of drug-likeness (QED) is 0.141. The molecule has 0 radical (unpaired) electrons. The van der Waals surface area contributed by atoms with Crippen molar-refractivity contribution in [3.05, 3.63) is 68.9 Å². The molecule has 0 fully saturated rings. The fraction of sp³-hybridized carbons (Fsp3) is 0.118. The summed E-state index contributed by atoms with van der Waals surface area (Å²) in [5.74, 6) is 0.239. The number of ketones is 1. The number of carbonyl (C=O) groups is 1. The molecule has 0 unspecified atom stereocenters. The van der Waals surface area contributed by atoms with E-state index in [2.05, 4.69) is 0 Å². The van der Waals surface area contributed by atoms with Crippen LogP contribution in [0.3, 0.4) is 0 Å². The number of allylic oxidation sites excluding steroid dienone is 1. The van der Waals surface area contributed by atoms with Gasteiger partial charge in [-0.1, -0.05) is 6.07 Å². The van der Waals surface area contributed by atoms with Crippen LogP contribution in [0.5, 0.6) is 11.5 Å². The van der Waals surface area contributed by atoms with E-state index in [1.807, 2.05) is 0 Å². The summed E-state index contributed by atoms with van der Waals surface area (Å²) in [5.41, 5.74) is 0.863. The van der Waals surface area contributed by atoms with Gasteiger partial charge in [0.05, 0.1) is 30.8 Å². The zero-order valence-corrected chi connectivity index (χ0v) is 16.1. The topological polar surface area (TPSA) is 118 Å². The van der Waals surface area contributed by atoms with E-state index in [9.17, 15) is 20.1 Å². The SMILES string of the molecule is COc1cccc(OC)c1C(=O)/C=C/c1ccc([NH2+][O-])cc1[N+](=O)[O-].[I-]. The van der Waals surface area contributed by atoms with Crippen LogP contribution in [0.25, 0.3) is 6.08 Å². The van der Waals surface area contributed by atoms with Crippen LogP contribution in [-0.4, -0.2) is 24.9 Å². The number of nitrogens with zero attached hydrogens (tertiary/aromatic N) is 1. The smallest absolute Gasteiger partial charge is 0.282 e. The van der Waals surface area contributed by atoms with E-state index in [0.717, 1.165) is 6.07 Å². The number of ether oxygens (including phenoxy) is 2. The fourth-order valence-electron chi connectivity index (χ4n) is 2.28. The molecule has 0 atom stereocenters. The fourth-order valence-corrected chi connectivity index (χ4v) is 2.28. The molecule has 26 heavy (non-hydrogen) atoms. The lowest BCUT2D eigenvalue weighted by molar-refractivity contribution is -0.497. The van der Waals surface area contributed by atoms with Crippen LogP contribution in [0.15, 0.2) is 42.5 Å². The molecule has 0 aromatic heterocycles. The number of halogens is 1. The van der Waals surface area contributed by atoms with Crippen molar-refractivity contribution in [1.82, 2.24) is 0 Å². The van der Waals surface area contributed by atoms with Crippen molar-refractivity contribution in [2.45, 2.75) is 0 Å². The highest BCUT2D eigenvalue weighted by Gasteiger charge is 2.17. The molecule has 0 aliphatic heterocycles. The molecule has 0 heterocycles. The van der Waals surface area contributed by atoms with E-state index in [1.54, 1.807) is 18.2 Å². The number of rotatable bonds is 7. The van der Waals surface area contributed by atoms with Gasteiger partial charge in [-0.15, -0.1) is 0 Å². The average molecular weight is 471 g/mol. The average Bonchev–Trinajstić information content (AvgIpc) is 2.64. The molecule has 0 aliphatic carbocycles. The second-order valence-corrected chi connectivity index (χ2v) is 4.93. The summed E-state index contributed by atoms with van der Waals surface area (Å²) in [6.45, 7) is 0. The van der Waals surface area contributed by atoms with Gasteiger partial charge in [-0.05, 0) is 30.4 Å². The number of nitrogens with two attached hydrogens (primary N) is 1. The Morgan fingerprint density at radius 1 is 1.15 bits per heavy atom. The summed E-state index contributed by atoms with van der Waals surface area (Å²) in [4.78, 5) is 23.0. The van der Waals surface area contributed by atoms with Gasteiger partial charge in [-0.25, -0.2) is 0 Å². The monoisotopic (exact) mass is 471 g/mol. The minimum absolute atomic E-state index is 0. The number of hydrogen-bond acceptors (Lipinski definition) is 6. The number of hydrogen-bond donors (Lipinski definition) is 1.